The molecule has 0 amide bonds. The van der Waals surface area contributed by atoms with Gasteiger partial charge < -0.3 is 10.2 Å². The fourth-order valence-electron chi connectivity index (χ4n) is 2.44. The lowest BCUT2D eigenvalue weighted by atomic mass is 10.1. The Bertz CT molecular complexity index is 397. The van der Waals surface area contributed by atoms with Gasteiger partial charge in [0.15, 0.2) is 0 Å². The highest BCUT2D eigenvalue weighted by Crippen LogP contribution is 2.32. The Morgan fingerprint density at radius 2 is 2.33 bits per heavy atom. The minimum atomic E-state index is 0.747. The van der Waals surface area contributed by atoms with Crippen LogP contribution >= 0.6 is 27.5 Å². The zero-order valence-electron chi connectivity index (χ0n) is 10.8. The molecule has 100 valence electrons. The van der Waals surface area contributed by atoms with Gasteiger partial charge in [-0.3, -0.25) is 0 Å². The maximum absolute atomic E-state index is 6.30. The second-order valence-corrected chi connectivity index (χ2v) is 6.22. The van der Waals surface area contributed by atoms with Crippen LogP contribution in [0, 0.1) is 5.92 Å². The molecule has 2 nitrogen and oxygen atoms in total. The van der Waals surface area contributed by atoms with Gasteiger partial charge in [-0.05, 0) is 50.0 Å². The summed E-state index contributed by atoms with van der Waals surface area (Å²) < 4.78 is 1.04. The van der Waals surface area contributed by atoms with Crippen LogP contribution in [0.15, 0.2) is 22.7 Å². The number of halogens is 2. The fourth-order valence-corrected chi connectivity index (χ4v) is 3.23. The molecule has 1 aliphatic heterocycles. The van der Waals surface area contributed by atoms with Crippen LogP contribution in [0.2, 0.25) is 5.02 Å². The number of rotatable bonds is 5. The van der Waals surface area contributed by atoms with Crippen LogP contribution < -0.4 is 10.2 Å². The summed E-state index contributed by atoms with van der Waals surface area (Å²) in [5.41, 5.74) is 1.16. The molecule has 1 aromatic carbocycles. The summed E-state index contributed by atoms with van der Waals surface area (Å²) >= 11 is 9.74. The summed E-state index contributed by atoms with van der Waals surface area (Å²) in [5, 5.41) is 4.34. The van der Waals surface area contributed by atoms with E-state index in [0.29, 0.717) is 0 Å². The Hall–Kier alpha value is -0.250. The number of anilines is 1. The monoisotopic (exact) mass is 330 g/mol. The lowest BCUT2D eigenvalue weighted by molar-refractivity contribution is 0.516. The molecule has 1 saturated heterocycles. The summed E-state index contributed by atoms with van der Waals surface area (Å²) in [6.07, 6.45) is 2.46. The van der Waals surface area contributed by atoms with E-state index >= 15 is 0 Å². The molecule has 1 N–H and O–H groups in total. The molecule has 1 aliphatic rings. The van der Waals surface area contributed by atoms with Crippen molar-refractivity contribution in [1.82, 2.24) is 5.32 Å². The molecule has 1 aromatic rings. The minimum absolute atomic E-state index is 0.747. The third-order valence-corrected chi connectivity index (χ3v) is 4.19. The lowest BCUT2D eigenvalue weighted by Gasteiger charge is -2.20. The summed E-state index contributed by atoms with van der Waals surface area (Å²) in [6.45, 7) is 6.67. The van der Waals surface area contributed by atoms with Crippen molar-refractivity contribution in [3.8, 4) is 0 Å². The van der Waals surface area contributed by atoms with E-state index in [0.717, 1.165) is 47.3 Å². The van der Waals surface area contributed by atoms with Crippen LogP contribution in [-0.2, 0) is 0 Å². The van der Waals surface area contributed by atoms with Gasteiger partial charge in [0.2, 0.25) is 0 Å². The normalized spacial score (nSPS) is 19.5. The molecule has 2 rings (SSSR count). The largest absolute Gasteiger partial charge is 0.370 e. The van der Waals surface area contributed by atoms with Crippen molar-refractivity contribution in [1.29, 1.82) is 0 Å². The molecule has 0 saturated carbocycles. The zero-order chi connectivity index (χ0) is 13.0. The van der Waals surface area contributed by atoms with Crippen molar-refractivity contribution in [2.45, 2.75) is 19.8 Å². The Labute approximate surface area is 123 Å². The van der Waals surface area contributed by atoms with E-state index in [1.165, 1.54) is 12.8 Å². The first kappa shape index (κ1) is 14.2. The second-order valence-electron chi connectivity index (χ2n) is 4.90. The lowest BCUT2D eigenvalue weighted by Crippen LogP contribution is -2.26. The van der Waals surface area contributed by atoms with Crippen molar-refractivity contribution in [3.05, 3.63) is 27.7 Å². The van der Waals surface area contributed by atoms with Crippen molar-refractivity contribution < 1.29 is 0 Å². The predicted molar refractivity (Wildman–Crippen MR) is 82.6 cm³/mol. The third kappa shape index (κ3) is 3.62. The number of benzene rings is 1. The maximum Gasteiger partial charge on any atom is 0.0650 e. The van der Waals surface area contributed by atoms with E-state index in [4.69, 9.17) is 11.6 Å². The number of hydrogen-bond donors (Lipinski definition) is 1. The second kappa shape index (κ2) is 6.78. The van der Waals surface area contributed by atoms with Crippen molar-refractivity contribution >= 4 is 33.2 Å². The van der Waals surface area contributed by atoms with Crippen LogP contribution in [0.25, 0.3) is 0 Å². The van der Waals surface area contributed by atoms with Gasteiger partial charge in [0, 0.05) is 17.6 Å². The smallest absolute Gasteiger partial charge is 0.0650 e. The van der Waals surface area contributed by atoms with Crippen LogP contribution in [0.5, 0.6) is 0 Å². The minimum Gasteiger partial charge on any atom is -0.370 e. The van der Waals surface area contributed by atoms with E-state index in [1.807, 2.05) is 6.07 Å². The molecule has 0 aliphatic carbocycles. The predicted octanol–water partition coefficient (Wildman–Crippen LogP) is 3.93. The molecule has 1 unspecified atom stereocenters. The van der Waals surface area contributed by atoms with Crippen LogP contribution in [0.4, 0.5) is 5.69 Å². The number of nitrogens with one attached hydrogen (secondary N) is 1. The topological polar surface area (TPSA) is 15.3 Å². The van der Waals surface area contributed by atoms with Crippen LogP contribution in [0.3, 0.4) is 0 Å². The molecule has 0 bridgehead atoms. The standard InChI is InChI=1S/C14H20BrClN2/c1-2-6-17-9-11-5-7-18(10-11)14-4-3-12(15)8-13(14)16/h3-4,8,11,17H,2,5-7,9-10H2,1H3. The van der Waals surface area contributed by atoms with Crippen LogP contribution in [-0.4, -0.2) is 26.2 Å². The Morgan fingerprint density at radius 1 is 1.50 bits per heavy atom. The molecule has 1 heterocycles. The van der Waals surface area contributed by atoms with Crippen molar-refractivity contribution in [2.24, 2.45) is 5.92 Å². The molecule has 0 aromatic heterocycles. The van der Waals surface area contributed by atoms with E-state index in [1.54, 1.807) is 0 Å². The van der Waals surface area contributed by atoms with Gasteiger partial charge in [0.1, 0.15) is 0 Å². The molecule has 0 radical (unpaired) electrons. The van der Waals surface area contributed by atoms with Crippen molar-refractivity contribution in [2.75, 3.05) is 31.1 Å². The van der Waals surface area contributed by atoms with Gasteiger partial charge in [-0.2, -0.15) is 0 Å². The van der Waals surface area contributed by atoms with Gasteiger partial charge in [-0.1, -0.05) is 34.5 Å². The van der Waals surface area contributed by atoms with Gasteiger partial charge in [0.25, 0.3) is 0 Å². The Balaban J connectivity index is 1.91. The highest BCUT2D eigenvalue weighted by atomic mass is 79.9. The summed E-state index contributed by atoms with van der Waals surface area (Å²) in [5.74, 6) is 0.747. The molecule has 1 fully saturated rings. The fraction of sp³-hybridized carbons (Fsp3) is 0.571. The number of nitrogens with zero attached hydrogens (tertiary/aromatic N) is 1. The van der Waals surface area contributed by atoms with Crippen molar-refractivity contribution in [3.63, 3.8) is 0 Å². The first-order valence-corrected chi connectivity index (χ1v) is 7.78. The van der Waals surface area contributed by atoms with Gasteiger partial charge >= 0.3 is 0 Å². The highest BCUT2D eigenvalue weighted by Gasteiger charge is 2.23. The van der Waals surface area contributed by atoms with E-state index in [2.05, 4.69) is 45.2 Å². The molecular formula is C14H20BrClN2. The average Bonchev–Trinajstić information content (AvgIpc) is 2.78. The Kier molecular flexibility index (Phi) is 5.34. The highest BCUT2D eigenvalue weighted by molar-refractivity contribution is 9.10. The first-order valence-electron chi connectivity index (χ1n) is 6.61. The molecule has 4 heteroatoms. The summed E-state index contributed by atoms with van der Waals surface area (Å²) in [6, 6.07) is 6.14. The number of hydrogen-bond acceptors (Lipinski definition) is 2. The first-order chi connectivity index (χ1) is 8.70. The van der Waals surface area contributed by atoms with E-state index < -0.39 is 0 Å². The SMILES string of the molecule is CCCNCC1CCN(c2ccc(Br)cc2Cl)C1. The van der Waals surface area contributed by atoms with E-state index in [-0.39, 0.29) is 0 Å². The molecule has 1 atom stereocenters. The maximum atomic E-state index is 6.30. The quantitative estimate of drug-likeness (QED) is 0.823. The molecule has 18 heavy (non-hydrogen) atoms. The zero-order valence-corrected chi connectivity index (χ0v) is 13.1. The molecular weight excluding hydrogens is 312 g/mol. The van der Waals surface area contributed by atoms with Gasteiger partial charge in [-0.15, -0.1) is 0 Å². The Morgan fingerprint density at radius 3 is 3.06 bits per heavy atom. The average molecular weight is 332 g/mol. The van der Waals surface area contributed by atoms with Gasteiger partial charge in [0.05, 0.1) is 10.7 Å². The summed E-state index contributed by atoms with van der Waals surface area (Å²) in [7, 11) is 0. The third-order valence-electron chi connectivity index (χ3n) is 3.40. The van der Waals surface area contributed by atoms with E-state index in [9.17, 15) is 0 Å². The molecule has 0 spiro atoms. The van der Waals surface area contributed by atoms with Gasteiger partial charge in [-0.25, -0.2) is 0 Å². The summed E-state index contributed by atoms with van der Waals surface area (Å²) in [4.78, 5) is 2.40. The van der Waals surface area contributed by atoms with Crippen LogP contribution in [0.1, 0.15) is 19.8 Å².